The number of hydrogen-bond donors (Lipinski definition) is 2. The van der Waals surface area contributed by atoms with Crippen LogP contribution in [0.2, 0.25) is 0 Å². The van der Waals surface area contributed by atoms with Gasteiger partial charge in [0.1, 0.15) is 13.2 Å². The molecule has 0 fully saturated rings. The quantitative estimate of drug-likeness (QED) is 0.254. The lowest BCUT2D eigenvalue weighted by Crippen LogP contribution is -2.19. The average molecular weight is 236 g/mol. The minimum atomic E-state index is -0.614. The van der Waals surface area contributed by atoms with Crippen molar-refractivity contribution in [1.82, 2.24) is 0 Å². The summed E-state index contributed by atoms with van der Waals surface area (Å²) >= 11 is 0. The van der Waals surface area contributed by atoms with Gasteiger partial charge in [0.05, 0.1) is 25.2 Å². The van der Waals surface area contributed by atoms with E-state index in [0.29, 0.717) is 6.42 Å². The smallest absolute Gasteiger partial charge is 0.308 e. The Morgan fingerprint density at radius 3 is 2.50 bits per heavy atom. The molecule has 2 atom stereocenters. The first-order valence-corrected chi connectivity index (χ1v) is 5.32. The Hall–Kier alpha value is -0.690. The largest absolute Gasteiger partial charge is 0.463 e. The zero-order valence-electron chi connectivity index (χ0n) is 9.72. The van der Waals surface area contributed by atoms with Crippen LogP contribution in [0.3, 0.4) is 0 Å². The van der Waals surface area contributed by atoms with Crippen LogP contribution < -0.4 is 0 Å². The van der Waals surface area contributed by atoms with Crippen LogP contribution in [-0.2, 0) is 19.3 Å². The molecule has 2 unspecified atom stereocenters. The highest BCUT2D eigenvalue weighted by molar-refractivity contribution is 5.69. The molecule has 0 saturated heterocycles. The molecule has 0 aromatic heterocycles. The van der Waals surface area contributed by atoms with E-state index in [1.165, 1.54) is 0 Å². The Bertz CT molecular complexity index is 182. The van der Waals surface area contributed by atoms with Gasteiger partial charge in [0.15, 0.2) is 0 Å². The van der Waals surface area contributed by atoms with Crippen molar-refractivity contribution in [3.8, 4) is 0 Å². The maximum atomic E-state index is 11.0. The molecule has 0 amide bonds. The maximum Gasteiger partial charge on any atom is 0.308 e. The van der Waals surface area contributed by atoms with Gasteiger partial charge < -0.3 is 14.9 Å². The molecule has 6 heteroatoms. The summed E-state index contributed by atoms with van der Waals surface area (Å²) in [6, 6.07) is 0. The van der Waals surface area contributed by atoms with Crippen LogP contribution in [0.5, 0.6) is 0 Å². The van der Waals surface area contributed by atoms with Crippen LogP contribution in [0, 0.1) is 0 Å². The fourth-order valence-corrected chi connectivity index (χ4v) is 0.710. The summed E-state index contributed by atoms with van der Waals surface area (Å²) in [5.41, 5.74) is 0. The molecule has 0 rings (SSSR count). The van der Waals surface area contributed by atoms with E-state index in [9.17, 15) is 4.79 Å². The SMILES string of the molecule is CCC(O)COC(=O)CCOOCC(C)O. The molecule has 0 aliphatic carbocycles. The molecule has 0 heterocycles. The van der Waals surface area contributed by atoms with E-state index in [4.69, 9.17) is 14.9 Å². The second-order valence-corrected chi connectivity index (χ2v) is 3.45. The molecule has 0 bridgehead atoms. The van der Waals surface area contributed by atoms with Crippen LogP contribution in [-0.4, -0.2) is 48.2 Å². The minimum Gasteiger partial charge on any atom is -0.463 e. The zero-order valence-corrected chi connectivity index (χ0v) is 9.72. The lowest BCUT2D eigenvalue weighted by molar-refractivity contribution is -0.303. The van der Waals surface area contributed by atoms with Crippen molar-refractivity contribution < 1.29 is 29.5 Å². The normalized spacial score (nSPS) is 14.5. The first-order chi connectivity index (χ1) is 7.56. The molecule has 0 aromatic rings. The first-order valence-electron chi connectivity index (χ1n) is 5.32. The third-order valence-electron chi connectivity index (χ3n) is 1.69. The monoisotopic (exact) mass is 236 g/mol. The van der Waals surface area contributed by atoms with Crippen LogP contribution in [0.25, 0.3) is 0 Å². The highest BCUT2D eigenvalue weighted by Gasteiger charge is 2.07. The number of esters is 1. The molecule has 0 aliphatic heterocycles. The molecule has 0 spiro atoms. The third kappa shape index (κ3) is 9.85. The Labute approximate surface area is 95.0 Å². The van der Waals surface area contributed by atoms with Crippen molar-refractivity contribution >= 4 is 5.97 Å². The highest BCUT2D eigenvalue weighted by atomic mass is 17.2. The maximum absolute atomic E-state index is 11.0. The molecule has 2 N–H and O–H groups in total. The topological polar surface area (TPSA) is 85.2 Å². The number of aliphatic hydroxyl groups excluding tert-OH is 2. The van der Waals surface area contributed by atoms with E-state index in [1.807, 2.05) is 0 Å². The first kappa shape index (κ1) is 15.3. The van der Waals surface area contributed by atoms with Gasteiger partial charge in [0, 0.05) is 0 Å². The van der Waals surface area contributed by atoms with Crippen molar-refractivity contribution in [1.29, 1.82) is 0 Å². The molecule has 0 aliphatic rings. The van der Waals surface area contributed by atoms with Gasteiger partial charge in [-0.2, -0.15) is 0 Å². The van der Waals surface area contributed by atoms with Crippen molar-refractivity contribution in [2.45, 2.75) is 38.9 Å². The van der Waals surface area contributed by atoms with Crippen molar-refractivity contribution in [3.63, 3.8) is 0 Å². The van der Waals surface area contributed by atoms with Crippen LogP contribution >= 0.6 is 0 Å². The summed E-state index contributed by atoms with van der Waals surface area (Å²) in [5, 5.41) is 17.9. The highest BCUT2D eigenvalue weighted by Crippen LogP contribution is 1.95. The second kappa shape index (κ2) is 9.53. The van der Waals surface area contributed by atoms with E-state index in [1.54, 1.807) is 13.8 Å². The van der Waals surface area contributed by atoms with Crippen molar-refractivity contribution in [3.05, 3.63) is 0 Å². The Morgan fingerprint density at radius 1 is 1.25 bits per heavy atom. The number of ether oxygens (including phenoxy) is 1. The summed E-state index contributed by atoms with van der Waals surface area (Å²) < 4.78 is 4.75. The van der Waals surface area contributed by atoms with Gasteiger partial charge in [-0.15, -0.1) is 0 Å². The lowest BCUT2D eigenvalue weighted by Gasteiger charge is -2.09. The Balaban J connectivity index is 3.30. The summed E-state index contributed by atoms with van der Waals surface area (Å²) in [4.78, 5) is 20.3. The van der Waals surface area contributed by atoms with Crippen molar-refractivity contribution in [2.24, 2.45) is 0 Å². The van der Waals surface area contributed by atoms with Gasteiger partial charge in [0.2, 0.25) is 0 Å². The molecule has 0 aromatic carbocycles. The summed E-state index contributed by atoms with van der Waals surface area (Å²) in [6.07, 6.45) is -0.625. The predicted octanol–water partition coefficient (Wildman–Crippen LogP) is 0.0196. The fourth-order valence-electron chi connectivity index (χ4n) is 0.710. The molecular weight excluding hydrogens is 216 g/mol. The minimum absolute atomic E-state index is 0.00383. The number of carbonyl (C=O) groups excluding carboxylic acids is 1. The number of hydrogen-bond acceptors (Lipinski definition) is 6. The Morgan fingerprint density at radius 2 is 1.94 bits per heavy atom. The zero-order chi connectivity index (χ0) is 12.4. The summed E-state index contributed by atoms with van der Waals surface area (Å²) in [5.74, 6) is -0.451. The molecule has 0 radical (unpaired) electrons. The van der Waals surface area contributed by atoms with Crippen LogP contribution in [0.15, 0.2) is 0 Å². The standard InChI is InChI=1S/C10H20O6/c1-3-9(12)7-14-10(13)4-5-15-16-6-8(2)11/h8-9,11-12H,3-7H2,1-2H3. The van der Waals surface area contributed by atoms with Gasteiger partial charge in [0.25, 0.3) is 0 Å². The fraction of sp³-hybridized carbons (Fsp3) is 0.900. The average Bonchev–Trinajstić information content (AvgIpc) is 2.24. The molecule has 16 heavy (non-hydrogen) atoms. The van der Waals surface area contributed by atoms with E-state index in [0.717, 1.165) is 0 Å². The van der Waals surface area contributed by atoms with E-state index in [2.05, 4.69) is 9.78 Å². The van der Waals surface area contributed by atoms with Crippen LogP contribution in [0.1, 0.15) is 26.7 Å². The summed E-state index contributed by atoms with van der Waals surface area (Å²) in [6.45, 7) is 3.48. The van der Waals surface area contributed by atoms with Gasteiger partial charge in [-0.25, -0.2) is 9.78 Å². The second-order valence-electron chi connectivity index (χ2n) is 3.45. The molecular formula is C10H20O6. The predicted molar refractivity (Wildman–Crippen MR) is 55.5 cm³/mol. The molecule has 96 valence electrons. The van der Waals surface area contributed by atoms with E-state index >= 15 is 0 Å². The van der Waals surface area contributed by atoms with Gasteiger partial charge in [-0.3, -0.25) is 4.79 Å². The number of aliphatic hydroxyl groups is 2. The Kier molecular flexibility index (Phi) is 9.12. The van der Waals surface area contributed by atoms with Gasteiger partial charge in [-0.05, 0) is 13.3 Å². The third-order valence-corrected chi connectivity index (χ3v) is 1.69. The lowest BCUT2D eigenvalue weighted by atomic mass is 10.3. The van der Waals surface area contributed by atoms with Crippen LogP contribution in [0.4, 0.5) is 0 Å². The number of carbonyl (C=O) groups is 1. The van der Waals surface area contributed by atoms with E-state index in [-0.39, 0.29) is 26.2 Å². The number of rotatable bonds is 9. The molecule has 0 saturated carbocycles. The van der Waals surface area contributed by atoms with E-state index < -0.39 is 18.2 Å². The van der Waals surface area contributed by atoms with Crippen molar-refractivity contribution in [2.75, 3.05) is 19.8 Å². The van der Waals surface area contributed by atoms with Gasteiger partial charge in [-0.1, -0.05) is 6.92 Å². The molecule has 6 nitrogen and oxygen atoms in total. The summed E-state index contributed by atoms with van der Waals surface area (Å²) in [7, 11) is 0. The van der Waals surface area contributed by atoms with Gasteiger partial charge >= 0.3 is 5.97 Å².